The second-order valence-electron chi connectivity index (χ2n) is 8.99. The summed E-state index contributed by atoms with van der Waals surface area (Å²) in [5, 5.41) is -0.283. The van der Waals surface area contributed by atoms with Crippen molar-refractivity contribution < 1.29 is 27.0 Å². The third kappa shape index (κ3) is 4.95. The van der Waals surface area contributed by atoms with Crippen molar-refractivity contribution in [2.24, 2.45) is 15.7 Å². The molecule has 1 spiro atoms. The van der Waals surface area contributed by atoms with E-state index in [-0.39, 0.29) is 28.4 Å². The molecule has 0 bridgehead atoms. The van der Waals surface area contributed by atoms with Gasteiger partial charge in [-0.1, -0.05) is 6.42 Å². The lowest BCUT2D eigenvalue weighted by atomic mass is 9.80. The molecule has 0 aromatic rings. The second-order valence-corrected chi connectivity index (χ2v) is 11.6. The summed E-state index contributed by atoms with van der Waals surface area (Å²) in [4.78, 5) is 27.5. The third-order valence-corrected chi connectivity index (χ3v) is 9.18. The summed E-state index contributed by atoms with van der Waals surface area (Å²) in [6.45, 7) is 0.942. The molecule has 0 aromatic heterocycles. The van der Waals surface area contributed by atoms with E-state index in [9.17, 15) is 27.0 Å². The van der Waals surface area contributed by atoms with Crippen LogP contribution >= 0.6 is 0 Å². The van der Waals surface area contributed by atoms with Crippen LogP contribution in [-0.2, 0) is 19.3 Å². The number of likely N-dealkylation sites (tertiary alicyclic amines) is 1. The third-order valence-electron chi connectivity index (χ3n) is 6.93. The number of halogens is 3. The predicted octanol–water partition coefficient (Wildman–Crippen LogP) is 2.67. The Hall–Kier alpha value is -1.16. The topological polar surface area (TPSA) is 70.0 Å². The molecule has 10 heteroatoms. The molecule has 0 radical (unpaired) electrons. The van der Waals surface area contributed by atoms with Gasteiger partial charge < -0.3 is 4.90 Å². The summed E-state index contributed by atoms with van der Waals surface area (Å²) in [6, 6.07) is -0.890. The van der Waals surface area contributed by atoms with Gasteiger partial charge in [-0.2, -0.15) is 17.5 Å². The highest BCUT2D eigenvalue weighted by atomic mass is 32.2. The molecule has 1 heterocycles. The van der Waals surface area contributed by atoms with E-state index in [1.807, 2.05) is 0 Å². The van der Waals surface area contributed by atoms with Gasteiger partial charge in [-0.25, -0.2) is 4.21 Å². The minimum atomic E-state index is -4.36. The zero-order chi connectivity index (χ0) is 21.6. The van der Waals surface area contributed by atoms with Crippen LogP contribution in [0.5, 0.6) is 0 Å². The van der Waals surface area contributed by atoms with Crippen LogP contribution in [0.25, 0.3) is 0 Å². The fourth-order valence-corrected chi connectivity index (χ4v) is 6.30. The number of rotatable bonds is 5. The molecule has 166 valence electrons. The number of nitrogens with zero attached hydrogens (tertiary/aromatic N) is 3. The molecule has 6 nitrogen and oxygen atoms in total. The van der Waals surface area contributed by atoms with Gasteiger partial charge >= 0.3 is 6.18 Å². The van der Waals surface area contributed by atoms with Crippen molar-refractivity contribution in [3.63, 3.8) is 0 Å². The van der Waals surface area contributed by atoms with Crippen LogP contribution in [0, 0.1) is 11.3 Å². The molecule has 3 atom stereocenters. The Kier molecular flexibility index (Phi) is 6.08. The molecule has 3 rings (SSSR count). The standard InChI is InChI=1S/C19H30F3N3O3S/c1-13(24(2)12-19(20,21)22)17(27)25-9-5-14(6-10-25)29(3,28)23-16(26)15-11-18(15)7-4-8-18/h13-15H,4-12H2,1-3H3. The second kappa shape index (κ2) is 7.83. The van der Waals surface area contributed by atoms with Gasteiger partial charge in [-0.15, -0.1) is 0 Å². The highest BCUT2D eigenvalue weighted by Crippen LogP contribution is 2.65. The van der Waals surface area contributed by atoms with Gasteiger partial charge in [0.15, 0.2) is 0 Å². The van der Waals surface area contributed by atoms with Crippen molar-refractivity contribution in [3.05, 3.63) is 0 Å². The number of carbonyl (C=O) groups excluding carboxylic acids is 2. The summed E-state index contributed by atoms with van der Waals surface area (Å²) < 4.78 is 54.8. The first-order valence-corrected chi connectivity index (χ1v) is 12.1. The molecular formula is C19H30F3N3O3S. The Bertz CT molecular complexity index is 779. The lowest BCUT2D eigenvalue weighted by molar-refractivity contribution is -0.155. The minimum absolute atomic E-state index is 0.0660. The van der Waals surface area contributed by atoms with Gasteiger partial charge in [-0.3, -0.25) is 14.5 Å². The van der Waals surface area contributed by atoms with Gasteiger partial charge in [0.25, 0.3) is 5.91 Å². The van der Waals surface area contributed by atoms with Crippen LogP contribution in [0.15, 0.2) is 4.36 Å². The maximum absolute atomic E-state index is 13.1. The van der Waals surface area contributed by atoms with Gasteiger partial charge in [0.2, 0.25) is 5.91 Å². The molecular weight excluding hydrogens is 407 g/mol. The zero-order valence-electron chi connectivity index (χ0n) is 17.2. The summed E-state index contributed by atoms with van der Waals surface area (Å²) >= 11 is 0. The molecule has 1 aliphatic heterocycles. The van der Waals surface area contributed by atoms with Crippen LogP contribution in [0.2, 0.25) is 0 Å². The first-order chi connectivity index (χ1) is 13.3. The van der Waals surface area contributed by atoms with Crippen LogP contribution in [-0.4, -0.2) is 76.2 Å². The van der Waals surface area contributed by atoms with Crippen LogP contribution in [0.4, 0.5) is 13.2 Å². The van der Waals surface area contributed by atoms with E-state index in [2.05, 4.69) is 4.36 Å². The van der Waals surface area contributed by atoms with Gasteiger partial charge in [-0.05, 0) is 51.5 Å². The van der Waals surface area contributed by atoms with Crippen molar-refractivity contribution in [1.29, 1.82) is 0 Å². The first kappa shape index (κ1) is 22.5. The van der Waals surface area contributed by atoms with Crippen molar-refractivity contribution in [2.75, 3.05) is 32.9 Å². The molecule has 2 amide bonds. The Morgan fingerprint density at radius 3 is 2.31 bits per heavy atom. The van der Waals surface area contributed by atoms with E-state index in [1.54, 1.807) is 0 Å². The smallest absolute Gasteiger partial charge is 0.341 e. The molecule has 3 fully saturated rings. The van der Waals surface area contributed by atoms with Crippen LogP contribution in [0.1, 0.15) is 45.4 Å². The van der Waals surface area contributed by atoms with Gasteiger partial charge in [0.1, 0.15) is 0 Å². The van der Waals surface area contributed by atoms with E-state index in [4.69, 9.17) is 0 Å². The molecule has 3 unspecified atom stereocenters. The lowest BCUT2D eigenvalue weighted by Gasteiger charge is -2.36. The number of alkyl halides is 3. The predicted molar refractivity (Wildman–Crippen MR) is 104 cm³/mol. The summed E-state index contributed by atoms with van der Waals surface area (Å²) in [6.07, 6.45) is 2.15. The number of likely N-dealkylation sites (N-methyl/N-ethyl adjacent to an activating group) is 1. The van der Waals surface area contributed by atoms with Gasteiger partial charge in [0, 0.05) is 30.5 Å². The normalized spacial score (nSPS) is 27.3. The first-order valence-electron chi connectivity index (χ1n) is 10.2. The largest absolute Gasteiger partial charge is 0.401 e. The highest BCUT2D eigenvalue weighted by Gasteiger charge is 2.61. The monoisotopic (exact) mass is 437 g/mol. The minimum Gasteiger partial charge on any atom is -0.341 e. The summed E-state index contributed by atoms with van der Waals surface area (Å²) in [5.74, 6) is -0.669. The van der Waals surface area contributed by atoms with Crippen molar-refractivity contribution in [1.82, 2.24) is 9.80 Å². The average molecular weight is 438 g/mol. The Morgan fingerprint density at radius 1 is 1.28 bits per heavy atom. The van der Waals surface area contributed by atoms with Crippen LogP contribution in [0.3, 0.4) is 0 Å². The SMILES string of the molecule is CC(C(=O)N1CCC(S(C)(=O)=NC(=O)C2CC23CCC3)CC1)N(C)CC(F)(F)F. The quantitative estimate of drug-likeness (QED) is 0.663. The number of hydrogen-bond donors (Lipinski definition) is 0. The molecule has 0 N–H and O–H groups in total. The number of hydrogen-bond acceptors (Lipinski definition) is 4. The van der Waals surface area contributed by atoms with Crippen molar-refractivity contribution in [3.8, 4) is 0 Å². The Morgan fingerprint density at radius 2 is 1.86 bits per heavy atom. The average Bonchev–Trinajstić information content (AvgIpc) is 3.35. The lowest BCUT2D eigenvalue weighted by Crippen LogP contribution is -2.51. The molecule has 29 heavy (non-hydrogen) atoms. The highest BCUT2D eigenvalue weighted by molar-refractivity contribution is 7.93. The van der Waals surface area contributed by atoms with E-state index in [0.29, 0.717) is 25.9 Å². The molecule has 2 saturated carbocycles. The molecule has 0 aromatic carbocycles. The van der Waals surface area contributed by atoms with Crippen molar-refractivity contribution >= 4 is 21.5 Å². The van der Waals surface area contributed by atoms with E-state index < -0.39 is 28.5 Å². The fraction of sp³-hybridized carbons (Fsp3) is 0.895. The molecule has 3 aliphatic rings. The van der Waals surface area contributed by atoms with E-state index in [1.165, 1.54) is 25.1 Å². The number of carbonyl (C=O) groups is 2. The van der Waals surface area contributed by atoms with E-state index >= 15 is 0 Å². The number of piperidine rings is 1. The maximum atomic E-state index is 13.1. The number of amides is 2. The summed E-state index contributed by atoms with van der Waals surface area (Å²) in [5.41, 5.74) is 0.143. The molecule has 1 saturated heterocycles. The zero-order valence-corrected chi connectivity index (χ0v) is 18.0. The Labute approximate surface area is 170 Å². The van der Waals surface area contributed by atoms with Gasteiger partial charge in [0.05, 0.1) is 22.3 Å². The summed E-state index contributed by atoms with van der Waals surface area (Å²) in [7, 11) is -1.43. The van der Waals surface area contributed by atoms with E-state index in [0.717, 1.165) is 30.6 Å². The Balaban J connectivity index is 1.54. The fourth-order valence-electron chi connectivity index (χ4n) is 4.58. The van der Waals surface area contributed by atoms with Crippen molar-refractivity contribution in [2.45, 2.75) is 62.9 Å². The molecule has 2 aliphatic carbocycles. The maximum Gasteiger partial charge on any atom is 0.401 e. The van der Waals surface area contributed by atoms with Crippen LogP contribution < -0.4 is 0 Å².